The van der Waals surface area contributed by atoms with Crippen molar-refractivity contribution < 1.29 is 10.2 Å². The third-order valence-electron chi connectivity index (χ3n) is 5.68. The molecule has 0 aromatic heterocycles. The molecular weight excluding hydrogens is 452 g/mol. The Labute approximate surface area is 211 Å². The van der Waals surface area contributed by atoms with Crippen LogP contribution in [0.25, 0.3) is 0 Å². The highest BCUT2D eigenvalue weighted by atomic mass is 32.2. The van der Waals surface area contributed by atoms with Gasteiger partial charge in [0.15, 0.2) is 5.17 Å². The van der Waals surface area contributed by atoms with Crippen molar-refractivity contribution in [3.05, 3.63) is 119 Å². The van der Waals surface area contributed by atoms with Crippen molar-refractivity contribution in [2.24, 2.45) is 4.99 Å². The average Bonchev–Trinajstić information content (AvgIpc) is 2.84. The first-order chi connectivity index (χ1) is 16.9. The second-order valence-electron chi connectivity index (χ2n) is 8.77. The highest BCUT2D eigenvalue weighted by Crippen LogP contribution is 2.33. The lowest BCUT2D eigenvalue weighted by atomic mass is 10.1. The summed E-state index contributed by atoms with van der Waals surface area (Å²) in [6, 6.07) is 29.4. The zero-order chi connectivity index (χ0) is 24.8. The summed E-state index contributed by atoms with van der Waals surface area (Å²) >= 11 is 1.60. The molecule has 0 atom stereocenters. The molecule has 0 radical (unpaired) electrons. The van der Waals surface area contributed by atoms with Crippen LogP contribution >= 0.6 is 11.8 Å². The summed E-state index contributed by atoms with van der Waals surface area (Å²) in [5.41, 5.74) is 6.19. The van der Waals surface area contributed by atoms with Crippen molar-refractivity contribution in [2.45, 2.75) is 38.8 Å². The van der Waals surface area contributed by atoms with E-state index in [1.54, 1.807) is 30.0 Å². The van der Waals surface area contributed by atoms with Crippen LogP contribution in [0.2, 0.25) is 0 Å². The number of hydrogen-bond acceptors (Lipinski definition) is 4. The number of nitrogens with zero attached hydrogens (tertiary/aromatic N) is 2. The van der Waals surface area contributed by atoms with Gasteiger partial charge in [0, 0.05) is 18.0 Å². The standard InChI is InChI=1S/C30H30N2O2S/c1-21-10-16-29(23(3)17-21)35-30(31-27-18-22(2)9-15-28(27)34)32(19-24-7-5-4-6-8-24)20-25-11-13-26(33)14-12-25/h4-18,33-34H,19-20H2,1-3H3. The van der Waals surface area contributed by atoms with Crippen LogP contribution in [-0.4, -0.2) is 20.3 Å². The van der Waals surface area contributed by atoms with Gasteiger partial charge in [-0.3, -0.25) is 0 Å². The number of amidine groups is 1. The topological polar surface area (TPSA) is 56.1 Å². The van der Waals surface area contributed by atoms with E-state index in [1.165, 1.54) is 11.1 Å². The molecule has 0 heterocycles. The van der Waals surface area contributed by atoms with Crippen LogP contribution in [0, 0.1) is 20.8 Å². The van der Waals surface area contributed by atoms with E-state index in [-0.39, 0.29) is 11.5 Å². The fourth-order valence-electron chi connectivity index (χ4n) is 3.81. The number of aryl methyl sites for hydroxylation is 3. The molecule has 0 spiro atoms. The van der Waals surface area contributed by atoms with E-state index in [1.807, 2.05) is 49.4 Å². The molecule has 0 aliphatic rings. The smallest absolute Gasteiger partial charge is 0.170 e. The van der Waals surface area contributed by atoms with Gasteiger partial charge in [-0.05, 0) is 73.4 Å². The van der Waals surface area contributed by atoms with Crippen LogP contribution in [-0.2, 0) is 13.1 Å². The number of aromatic hydroxyl groups is 2. The number of phenols is 2. The molecule has 4 nitrogen and oxygen atoms in total. The molecular formula is C30H30N2O2S. The van der Waals surface area contributed by atoms with Gasteiger partial charge in [-0.1, -0.05) is 78.0 Å². The summed E-state index contributed by atoms with van der Waals surface area (Å²) in [5, 5.41) is 21.1. The van der Waals surface area contributed by atoms with E-state index >= 15 is 0 Å². The summed E-state index contributed by atoms with van der Waals surface area (Å²) in [6.07, 6.45) is 0. The van der Waals surface area contributed by atoms with Crippen LogP contribution in [0.3, 0.4) is 0 Å². The Morgan fingerprint density at radius 3 is 2.06 bits per heavy atom. The Balaban J connectivity index is 1.80. The first kappa shape index (κ1) is 24.4. The van der Waals surface area contributed by atoms with Gasteiger partial charge in [0.1, 0.15) is 17.2 Å². The summed E-state index contributed by atoms with van der Waals surface area (Å²) < 4.78 is 0. The van der Waals surface area contributed by atoms with Crippen molar-refractivity contribution in [3.8, 4) is 11.5 Å². The van der Waals surface area contributed by atoms with E-state index in [4.69, 9.17) is 4.99 Å². The molecule has 2 N–H and O–H groups in total. The Morgan fingerprint density at radius 1 is 0.743 bits per heavy atom. The lowest BCUT2D eigenvalue weighted by molar-refractivity contribution is 0.413. The Bertz CT molecular complexity index is 1320. The van der Waals surface area contributed by atoms with Gasteiger partial charge in [-0.15, -0.1) is 0 Å². The largest absolute Gasteiger partial charge is 0.508 e. The Hall–Kier alpha value is -3.70. The maximum atomic E-state index is 10.6. The molecule has 0 saturated heterocycles. The van der Waals surface area contributed by atoms with Gasteiger partial charge in [-0.25, -0.2) is 4.99 Å². The van der Waals surface area contributed by atoms with Crippen LogP contribution in [0.15, 0.2) is 101 Å². The van der Waals surface area contributed by atoms with E-state index in [9.17, 15) is 10.2 Å². The fraction of sp³-hybridized carbons (Fsp3) is 0.167. The summed E-state index contributed by atoms with van der Waals surface area (Å²) in [4.78, 5) is 8.33. The van der Waals surface area contributed by atoms with Crippen LogP contribution < -0.4 is 0 Å². The number of aliphatic imine (C=N–C) groups is 1. The summed E-state index contributed by atoms with van der Waals surface area (Å²) in [5.74, 6) is 0.394. The zero-order valence-corrected chi connectivity index (χ0v) is 21.1. The number of rotatable bonds is 6. The summed E-state index contributed by atoms with van der Waals surface area (Å²) in [7, 11) is 0. The molecule has 4 aromatic rings. The zero-order valence-electron chi connectivity index (χ0n) is 20.3. The quantitative estimate of drug-likeness (QED) is 0.170. The first-order valence-electron chi connectivity index (χ1n) is 11.6. The fourth-order valence-corrected chi connectivity index (χ4v) is 4.77. The lowest BCUT2D eigenvalue weighted by Gasteiger charge is -2.27. The molecule has 0 amide bonds. The average molecular weight is 483 g/mol. The molecule has 0 saturated carbocycles. The minimum absolute atomic E-state index is 0.152. The van der Waals surface area contributed by atoms with E-state index in [2.05, 4.69) is 49.1 Å². The predicted octanol–water partition coefficient (Wildman–Crippen LogP) is 7.51. The van der Waals surface area contributed by atoms with E-state index in [0.29, 0.717) is 18.8 Å². The van der Waals surface area contributed by atoms with Gasteiger partial charge in [0.25, 0.3) is 0 Å². The highest BCUT2D eigenvalue weighted by molar-refractivity contribution is 8.13. The van der Waals surface area contributed by atoms with Crippen LogP contribution in [0.1, 0.15) is 27.8 Å². The molecule has 0 aliphatic heterocycles. The molecule has 0 bridgehead atoms. The molecule has 4 rings (SSSR count). The highest BCUT2D eigenvalue weighted by Gasteiger charge is 2.17. The normalized spacial score (nSPS) is 11.5. The molecule has 178 valence electrons. The number of hydrogen-bond donors (Lipinski definition) is 2. The van der Waals surface area contributed by atoms with Gasteiger partial charge < -0.3 is 15.1 Å². The maximum absolute atomic E-state index is 10.6. The monoisotopic (exact) mass is 482 g/mol. The van der Waals surface area contributed by atoms with Gasteiger partial charge in [0.05, 0.1) is 0 Å². The van der Waals surface area contributed by atoms with Crippen molar-refractivity contribution in [1.82, 2.24) is 4.90 Å². The second-order valence-corrected chi connectivity index (χ2v) is 9.77. The first-order valence-corrected chi connectivity index (χ1v) is 12.4. The van der Waals surface area contributed by atoms with Crippen molar-refractivity contribution in [3.63, 3.8) is 0 Å². The molecule has 0 aliphatic carbocycles. The van der Waals surface area contributed by atoms with Crippen LogP contribution in [0.5, 0.6) is 11.5 Å². The maximum Gasteiger partial charge on any atom is 0.170 e. The SMILES string of the molecule is Cc1ccc(SC(=Nc2cc(C)ccc2O)N(Cc2ccccc2)Cc2ccc(O)cc2)c(C)c1. The van der Waals surface area contributed by atoms with Gasteiger partial charge >= 0.3 is 0 Å². The second kappa shape index (κ2) is 11.2. The van der Waals surface area contributed by atoms with Gasteiger partial charge in [-0.2, -0.15) is 0 Å². The molecule has 35 heavy (non-hydrogen) atoms. The molecule has 5 heteroatoms. The minimum atomic E-state index is 0.152. The van der Waals surface area contributed by atoms with Crippen molar-refractivity contribution >= 4 is 22.6 Å². The Kier molecular flexibility index (Phi) is 7.78. The minimum Gasteiger partial charge on any atom is -0.508 e. The number of benzene rings is 4. The molecule has 0 fully saturated rings. The number of thioether (sulfide) groups is 1. The summed E-state index contributed by atoms with van der Waals surface area (Å²) in [6.45, 7) is 7.43. The predicted molar refractivity (Wildman–Crippen MR) is 146 cm³/mol. The van der Waals surface area contributed by atoms with E-state index < -0.39 is 0 Å². The third kappa shape index (κ3) is 6.67. The lowest BCUT2D eigenvalue weighted by Crippen LogP contribution is -2.28. The molecule has 0 unspecified atom stereocenters. The van der Waals surface area contributed by atoms with Crippen LogP contribution in [0.4, 0.5) is 5.69 Å². The van der Waals surface area contributed by atoms with Gasteiger partial charge in [0.2, 0.25) is 0 Å². The molecule has 4 aromatic carbocycles. The number of phenolic OH excluding ortho intramolecular Hbond substituents is 2. The third-order valence-corrected chi connectivity index (χ3v) is 6.89. The van der Waals surface area contributed by atoms with Crippen molar-refractivity contribution in [2.75, 3.05) is 0 Å². The van der Waals surface area contributed by atoms with E-state index in [0.717, 1.165) is 26.8 Å². The Morgan fingerprint density at radius 2 is 1.37 bits per heavy atom. The van der Waals surface area contributed by atoms with Crippen molar-refractivity contribution in [1.29, 1.82) is 0 Å².